The van der Waals surface area contributed by atoms with Crippen molar-refractivity contribution in [3.8, 4) is 11.6 Å². The van der Waals surface area contributed by atoms with Crippen molar-refractivity contribution in [3.63, 3.8) is 0 Å². The molecule has 4 rings (SSSR count). The third-order valence-electron chi connectivity index (χ3n) is 4.76. The summed E-state index contributed by atoms with van der Waals surface area (Å²) in [4.78, 5) is 20.0. The van der Waals surface area contributed by atoms with Crippen molar-refractivity contribution < 1.29 is 23.2 Å². The SMILES string of the molecule is CC(C)(COc1cccc2c1C(N)=NS(O)(O)N2)NC(=O)c1ccnc(-[n+]2cc[nH]c2N)c1.Cl. The van der Waals surface area contributed by atoms with Crippen LogP contribution in [0.3, 0.4) is 0 Å². The number of hydrogen-bond donors (Lipinski definition) is 7. The first-order valence-electron chi connectivity index (χ1n) is 9.86. The third kappa shape index (κ3) is 5.34. The first-order valence-corrected chi connectivity index (χ1v) is 11.4. The first-order chi connectivity index (χ1) is 15.5. The molecule has 0 saturated carbocycles. The molecule has 0 bridgehead atoms. The predicted octanol–water partition coefficient (Wildman–Crippen LogP) is 1.99. The number of nitrogens with one attached hydrogen (secondary N) is 3. The Hall–Kier alpha value is -3.52. The number of carbonyl (C=O) groups excluding carboxylic acids is 1. The fourth-order valence-electron chi connectivity index (χ4n) is 3.27. The number of amides is 1. The van der Waals surface area contributed by atoms with Gasteiger partial charge in [0, 0.05) is 11.6 Å². The van der Waals surface area contributed by atoms with E-state index in [0.29, 0.717) is 34.3 Å². The number of fused-ring (bicyclic) bond motifs is 1. The number of carbonyl (C=O) groups is 1. The number of nitrogens with zero attached hydrogens (tertiary/aromatic N) is 3. The molecule has 0 saturated heterocycles. The minimum Gasteiger partial charge on any atom is -0.490 e. The van der Waals surface area contributed by atoms with Crippen LogP contribution in [0, 0.1) is 0 Å². The van der Waals surface area contributed by atoms with Crippen LogP contribution in [0.4, 0.5) is 11.6 Å². The fraction of sp³-hybridized carbons (Fsp3) is 0.200. The first kappa shape index (κ1) is 25.1. The van der Waals surface area contributed by atoms with Gasteiger partial charge in [0.1, 0.15) is 12.4 Å². The van der Waals surface area contributed by atoms with Gasteiger partial charge in [-0.1, -0.05) is 6.07 Å². The molecule has 0 unspecified atom stereocenters. The number of nitrogen functional groups attached to an aromatic ring is 1. The number of halogens is 1. The van der Waals surface area contributed by atoms with Gasteiger partial charge in [-0.25, -0.2) is 0 Å². The molecule has 12 nitrogen and oxygen atoms in total. The van der Waals surface area contributed by atoms with Crippen molar-refractivity contribution in [1.82, 2.24) is 15.3 Å². The zero-order chi connectivity index (χ0) is 23.8. The Kier molecular flexibility index (Phi) is 6.93. The molecule has 2 aromatic heterocycles. The number of aromatic amines is 1. The molecular formula is C20H26ClN8O4S+. The Morgan fingerprint density at radius 1 is 1.29 bits per heavy atom. The van der Waals surface area contributed by atoms with E-state index in [-0.39, 0.29) is 30.8 Å². The molecule has 1 aliphatic heterocycles. The van der Waals surface area contributed by atoms with Crippen LogP contribution in [0.15, 0.2) is 53.3 Å². The molecule has 3 aromatic rings. The van der Waals surface area contributed by atoms with E-state index < -0.39 is 16.5 Å². The number of pyridine rings is 1. The standard InChI is InChI=1S/C20H24N8O4S.ClH/c1-20(2,11-32-14-5-3-4-13-16(14)17(21)27-33(30,31)26-13)25-18(29)12-6-7-23-15(10-12)28-9-8-24-19(28)22;/h3-10H,11H2,1-2H3,(H8,21,22,24,25,26,27,29,30,31);1H/p+1. The second-order valence-electron chi connectivity index (χ2n) is 8.02. The summed E-state index contributed by atoms with van der Waals surface area (Å²) in [5, 5.41) is 2.94. The second-order valence-corrected chi connectivity index (χ2v) is 9.45. The van der Waals surface area contributed by atoms with E-state index >= 15 is 0 Å². The molecule has 1 aromatic carbocycles. The maximum Gasteiger partial charge on any atom is 0.316 e. The van der Waals surface area contributed by atoms with E-state index in [0.717, 1.165) is 0 Å². The number of rotatable bonds is 6. The molecule has 1 aliphatic rings. The number of H-pyrrole nitrogens is 1. The lowest BCUT2D eigenvalue weighted by atomic mass is 10.1. The quantitative estimate of drug-likeness (QED) is 0.245. The highest BCUT2D eigenvalue weighted by atomic mass is 35.5. The number of imidazole rings is 1. The van der Waals surface area contributed by atoms with Gasteiger partial charge in [-0.15, -0.1) is 21.8 Å². The second kappa shape index (κ2) is 9.38. The van der Waals surface area contributed by atoms with Crippen molar-refractivity contribution >= 4 is 46.7 Å². The minimum absolute atomic E-state index is 0. The zero-order valence-corrected chi connectivity index (χ0v) is 20.0. The van der Waals surface area contributed by atoms with Crippen LogP contribution in [0.5, 0.6) is 5.75 Å². The zero-order valence-electron chi connectivity index (χ0n) is 18.3. The molecule has 1 amide bonds. The summed E-state index contributed by atoms with van der Waals surface area (Å²) in [5.74, 6) is 0.919. The Morgan fingerprint density at radius 2 is 2.06 bits per heavy atom. The van der Waals surface area contributed by atoms with Crippen LogP contribution in [0.25, 0.3) is 5.82 Å². The van der Waals surface area contributed by atoms with Gasteiger partial charge < -0.3 is 21.5 Å². The van der Waals surface area contributed by atoms with E-state index in [2.05, 4.69) is 24.4 Å². The van der Waals surface area contributed by atoms with Crippen molar-refractivity contribution in [3.05, 3.63) is 60.0 Å². The van der Waals surface area contributed by atoms with Crippen molar-refractivity contribution in [2.24, 2.45) is 10.1 Å². The van der Waals surface area contributed by atoms with Gasteiger partial charge in [0.05, 0.1) is 35.4 Å². The summed E-state index contributed by atoms with van der Waals surface area (Å²) in [6.45, 7) is 3.73. The highest BCUT2D eigenvalue weighted by Crippen LogP contribution is 2.46. The van der Waals surface area contributed by atoms with Gasteiger partial charge >= 0.3 is 5.95 Å². The van der Waals surface area contributed by atoms with Gasteiger partial charge in [-0.05, 0) is 43.0 Å². The lowest BCUT2D eigenvalue weighted by molar-refractivity contribution is -0.582. The Balaban J connectivity index is 0.00000324. The van der Waals surface area contributed by atoms with Crippen molar-refractivity contribution in [2.45, 2.75) is 19.4 Å². The van der Waals surface area contributed by atoms with Crippen LogP contribution in [-0.2, 0) is 0 Å². The van der Waals surface area contributed by atoms with Crippen molar-refractivity contribution in [1.29, 1.82) is 0 Å². The highest BCUT2D eigenvalue weighted by molar-refractivity contribution is 8.24. The molecule has 0 radical (unpaired) electrons. The van der Waals surface area contributed by atoms with Crippen LogP contribution in [-0.4, -0.2) is 43.0 Å². The Morgan fingerprint density at radius 3 is 2.76 bits per heavy atom. The molecule has 14 heteroatoms. The number of amidine groups is 1. The normalized spacial score (nSPS) is 15.1. The van der Waals surface area contributed by atoms with E-state index in [4.69, 9.17) is 16.2 Å². The molecule has 0 aliphatic carbocycles. The maximum absolute atomic E-state index is 12.9. The molecule has 0 spiro atoms. The van der Waals surface area contributed by atoms with Gasteiger partial charge in [0.2, 0.25) is 5.82 Å². The summed E-state index contributed by atoms with van der Waals surface area (Å²) < 4.78 is 33.4. The summed E-state index contributed by atoms with van der Waals surface area (Å²) in [6, 6.07) is 8.25. The third-order valence-corrected chi connectivity index (χ3v) is 5.71. The van der Waals surface area contributed by atoms with Gasteiger partial charge in [-0.2, -0.15) is 4.57 Å². The van der Waals surface area contributed by atoms with Gasteiger partial charge in [0.25, 0.3) is 5.91 Å². The average molecular weight is 510 g/mol. The summed E-state index contributed by atoms with van der Waals surface area (Å²) in [7, 11) is -3.39. The number of anilines is 2. The average Bonchev–Trinajstić information content (AvgIpc) is 3.17. The summed E-state index contributed by atoms with van der Waals surface area (Å²) in [5.41, 5.74) is 12.3. The number of nitrogens with two attached hydrogens (primary N) is 2. The smallest absolute Gasteiger partial charge is 0.316 e. The number of aromatic nitrogens is 3. The Bertz CT molecular complexity index is 1250. The van der Waals surface area contributed by atoms with E-state index in [1.165, 1.54) is 6.20 Å². The minimum atomic E-state index is -3.39. The van der Waals surface area contributed by atoms with Gasteiger partial charge in [0.15, 0.2) is 5.84 Å². The van der Waals surface area contributed by atoms with Gasteiger partial charge in [-0.3, -0.25) is 23.6 Å². The monoisotopic (exact) mass is 509 g/mol. The predicted molar refractivity (Wildman–Crippen MR) is 132 cm³/mol. The molecule has 182 valence electrons. The molecule has 34 heavy (non-hydrogen) atoms. The van der Waals surface area contributed by atoms with E-state index in [1.54, 1.807) is 47.3 Å². The topological polar surface area (TPSA) is 188 Å². The van der Waals surface area contributed by atoms with Crippen LogP contribution in [0.2, 0.25) is 0 Å². The van der Waals surface area contributed by atoms with Crippen LogP contribution >= 0.6 is 23.4 Å². The number of ether oxygens (including phenoxy) is 1. The molecule has 0 atom stereocenters. The fourth-order valence-corrected chi connectivity index (χ4v) is 4.14. The summed E-state index contributed by atoms with van der Waals surface area (Å²) >= 11 is 0. The largest absolute Gasteiger partial charge is 0.490 e. The molecule has 9 N–H and O–H groups in total. The van der Waals surface area contributed by atoms with E-state index in [1.807, 2.05) is 13.8 Å². The van der Waals surface area contributed by atoms with Crippen LogP contribution < -0.4 is 30.8 Å². The van der Waals surface area contributed by atoms with Crippen molar-refractivity contribution in [2.75, 3.05) is 17.1 Å². The maximum atomic E-state index is 12.9. The molecule has 3 heterocycles. The number of hydrogen-bond acceptors (Lipinski definition) is 9. The number of benzene rings is 1. The highest BCUT2D eigenvalue weighted by Gasteiger charge is 2.27. The van der Waals surface area contributed by atoms with Crippen LogP contribution in [0.1, 0.15) is 29.8 Å². The molecular weight excluding hydrogens is 484 g/mol. The van der Waals surface area contributed by atoms with E-state index in [9.17, 15) is 13.9 Å². The lowest BCUT2D eigenvalue weighted by Crippen LogP contribution is -2.48. The Labute approximate surface area is 203 Å². The summed E-state index contributed by atoms with van der Waals surface area (Å²) in [6.07, 6.45) is 4.91. The lowest BCUT2D eigenvalue weighted by Gasteiger charge is -2.34. The molecule has 0 fully saturated rings.